The predicted molar refractivity (Wildman–Crippen MR) is 95.5 cm³/mol. The molecule has 0 fully saturated rings. The van der Waals surface area contributed by atoms with E-state index in [9.17, 15) is 22.8 Å². The standard InChI is InChI=1S/C19H15F3N4O2/c1-25(11-16(27)24-14-8-7-13(20)17(21)18(14)22)19(28)12-5-2-3-6-15(12)26-10-4-9-23-26/h2-10H,11H2,1H3,(H,24,27). The van der Waals surface area contributed by atoms with Gasteiger partial charge in [0, 0.05) is 19.4 Å². The Labute approximate surface area is 158 Å². The summed E-state index contributed by atoms with van der Waals surface area (Å²) in [5.41, 5.74) is 0.318. The summed E-state index contributed by atoms with van der Waals surface area (Å²) < 4.78 is 41.4. The van der Waals surface area contributed by atoms with Crippen LogP contribution in [0.15, 0.2) is 54.9 Å². The van der Waals surface area contributed by atoms with Crippen molar-refractivity contribution < 1.29 is 22.8 Å². The van der Waals surface area contributed by atoms with E-state index in [0.29, 0.717) is 17.3 Å². The third-order valence-electron chi connectivity index (χ3n) is 3.92. The summed E-state index contributed by atoms with van der Waals surface area (Å²) in [6.45, 7) is -0.426. The number of anilines is 1. The molecule has 144 valence electrons. The molecule has 3 aromatic rings. The number of hydrogen-bond acceptors (Lipinski definition) is 3. The van der Waals surface area contributed by atoms with Gasteiger partial charge in [0.25, 0.3) is 5.91 Å². The molecule has 2 amide bonds. The minimum atomic E-state index is -1.68. The molecule has 0 aliphatic carbocycles. The van der Waals surface area contributed by atoms with Crippen LogP contribution >= 0.6 is 0 Å². The van der Waals surface area contributed by atoms with E-state index in [1.807, 2.05) is 0 Å². The molecule has 0 atom stereocenters. The van der Waals surface area contributed by atoms with Gasteiger partial charge in [0.05, 0.1) is 23.5 Å². The number of hydrogen-bond donors (Lipinski definition) is 1. The van der Waals surface area contributed by atoms with E-state index in [1.54, 1.807) is 42.7 Å². The molecule has 0 aliphatic heterocycles. The number of amides is 2. The lowest BCUT2D eigenvalue weighted by Gasteiger charge is -2.19. The lowest BCUT2D eigenvalue weighted by Crippen LogP contribution is -2.35. The molecule has 1 heterocycles. The summed E-state index contributed by atoms with van der Waals surface area (Å²) >= 11 is 0. The van der Waals surface area contributed by atoms with Crippen LogP contribution in [-0.4, -0.2) is 40.1 Å². The van der Waals surface area contributed by atoms with Gasteiger partial charge in [0.2, 0.25) is 5.91 Å². The molecule has 0 saturated heterocycles. The summed E-state index contributed by atoms with van der Waals surface area (Å²) in [5, 5.41) is 6.22. The first-order valence-electron chi connectivity index (χ1n) is 8.16. The van der Waals surface area contributed by atoms with Crippen molar-refractivity contribution in [1.82, 2.24) is 14.7 Å². The number of likely N-dealkylation sites (N-methyl/N-ethyl adjacent to an activating group) is 1. The predicted octanol–water partition coefficient (Wildman–Crippen LogP) is 3.00. The maximum absolute atomic E-state index is 13.7. The van der Waals surface area contributed by atoms with Crippen LogP contribution in [0.2, 0.25) is 0 Å². The minimum absolute atomic E-state index is 0.306. The third-order valence-corrected chi connectivity index (χ3v) is 3.92. The molecule has 0 saturated carbocycles. The molecule has 0 unspecified atom stereocenters. The summed E-state index contributed by atoms with van der Waals surface area (Å²) in [7, 11) is 1.39. The first kappa shape index (κ1) is 19.2. The number of carbonyl (C=O) groups is 2. The molecular formula is C19H15F3N4O2. The van der Waals surface area contributed by atoms with Crippen LogP contribution in [0.4, 0.5) is 18.9 Å². The molecule has 0 spiro atoms. The van der Waals surface area contributed by atoms with Gasteiger partial charge in [-0.1, -0.05) is 12.1 Å². The minimum Gasteiger partial charge on any atom is -0.332 e. The number of para-hydroxylation sites is 1. The van der Waals surface area contributed by atoms with Crippen molar-refractivity contribution in [3.63, 3.8) is 0 Å². The maximum Gasteiger partial charge on any atom is 0.256 e. The Morgan fingerprint density at radius 2 is 1.82 bits per heavy atom. The molecular weight excluding hydrogens is 373 g/mol. The van der Waals surface area contributed by atoms with Crippen molar-refractivity contribution in [1.29, 1.82) is 0 Å². The molecule has 28 heavy (non-hydrogen) atoms. The van der Waals surface area contributed by atoms with Crippen LogP contribution in [0, 0.1) is 17.5 Å². The normalized spacial score (nSPS) is 10.6. The van der Waals surface area contributed by atoms with Gasteiger partial charge < -0.3 is 10.2 Å². The third kappa shape index (κ3) is 3.88. The van der Waals surface area contributed by atoms with E-state index < -0.39 is 41.5 Å². The first-order valence-corrected chi connectivity index (χ1v) is 8.16. The molecule has 0 bridgehead atoms. The smallest absolute Gasteiger partial charge is 0.256 e. The fourth-order valence-corrected chi connectivity index (χ4v) is 2.57. The van der Waals surface area contributed by atoms with E-state index in [1.165, 1.54) is 11.7 Å². The molecule has 9 heteroatoms. The van der Waals surface area contributed by atoms with Gasteiger partial charge in [-0.2, -0.15) is 5.10 Å². The summed E-state index contributed by atoms with van der Waals surface area (Å²) in [5.74, 6) is -5.79. The molecule has 0 radical (unpaired) electrons. The second-order valence-corrected chi connectivity index (χ2v) is 5.90. The molecule has 6 nitrogen and oxygen atoms in total. The highest BCUT2D eigenvalue weighted by Gasteiger charge is 2.20. The van der Waals surface area contributed by atoms with Crippen LogP contribution in [0.3, 0.4) is 0 Å². The van der Waals surface area contributed by atoms with E-state index in [4.69, 9.17) is 0 Å². The fourth-order valence-electron chi connectivity index (χ4n) is 2.57. The number of nitrogens with one attached hydrogen (secondary N) is 1. The van der Waals surface area contributed by atoms with E-state index in [-0.39, 0.29) is 0 Å². The Kier molecular flexibility index (Phi) is 5.44. The zero-order valence-corrected chi connectivity index (χ0v) is 14.7. The van der Waals surface area contributed by atoms with Gasteiger partial charge in [-0.3, -0.25) is 9.59 Å². The zero-order chi connectivity index (χ0) is 20.3. The van der Waals surface area contributed by atoms with E-state index in [2.05, 4.69) is 10.4 Å². The average molecular weight is 388 g/mol. The van der Waals surface area contributed by atoms with Crippen molar-refractivity contribution >= 4 is 17.5 Å². The van der Waals surface area contributed by atoms with Crippen molar-refractivity contribution in [2.24, 2.45) is 0 Å². The van der Waals surface area contributed by atoms with E-state index >= 15 is 0 Å². The average Bonchev–Trinajstić information content (AvgIpc) is 3.22. The Balaban J connectivity index is 1.73. The van der Waals surface area contributed by atoms with Crippen LogP contribution in [0.5, 0.6) is 0 Å². The molecule has 2 aromatic carbocycles. The Bertz CT molecular complexity index is 1020. The molecule has 1 aromatic heterocycles. The molecule has 0 aliphatic rings. The van der Waals surface area contributed by atoms with Gasteiger partial charge >= 0.3 is 0 Å². The number of halogens is 3. The zero-order valence-electron chi connectivity index (χ0n) is 14.7. The lowest BCUT2D eigenvalue weighted by molar-refractivity contribution is -0.116. The van der Waals surface area contributed by atoms with Gasteiger partial charge in [-0.25, -0.2) is 17.9 Å². The lowest BCUT2D eigenvalue weighted by atomic mass is 10.1. The number of nitrogens with zero attached hydrogens (tertiary/aromatic N) is 3. The number of aromatic nitrogens is 2. The van der Waals surface area contributed by atoms with Gasteiger partial charge in [0.1, 0.15) is 0 Å². The second kappa shape index (κ2) is 7.95. The maximum atomic E-state index is 13.7. The van der Waals surface area contributed by atoms with Crippen molar-refractivity contribution in [3.8, 4) is 5.69 Å². The van der Waals surface area contributed by atoms with Crippen molar-refractivity contribution in [2.45, 2.75) is 0 Å². The van der Waals surface area contributed by atoms with E-state index in [0.717, 1.165) is 11.0 Å². The number of benzene rings is 2. The first-order chi connectivity index (χ1) is 13.4. The highest BCUT2D eigenvalue weighted by atomic mass is 19.2. The number of carbonyl (C=O) groups excluding carboxylic acids is 2. The second-order valence-electron chi connectivity index (χ2n) is 5.90. The topological polar surface area (TPSA) is 67.2 Å². The Morgan fingerprint density at radius 1 is 1.07 bits per heavy atom. The van der Waals surface area contributed by atoms with Gasteiger partial charge in [0.15, 0.2) is 17.5 Å². The van der Waals surface area contributed by atoms with Crippen molar-refractivity contribution in [3.05, 3.63) is 77.9 Å². The highest BCUT2D eigenvalue weighted by Crippen LogP contribution is 2.20. The SMILES string of the molecule is CN(CC(=O)Nc1ccc(F)c(F)c1F)C(=O)c1ccccc1-n1cccn1. The number of rotatable bonds is 5. The summed E-state index contributed by atoms with van der Waals surface area (Å²) in [6, 6.07) is 10.0. The summed E-state index contributed by atoms with van der Waals surface area (Å²) in [4.78, 5) is 26.0. The molecule has 1 N–H and O–H groups in total. The fraction of sp³-hybridized carbons (Fsp3) is 0.105. The highest BCUT2D eigenvalue weighted by molar-refractivity contribution is 6.01. The van der Waals surface area contributed by atoms with Crippen LogP contribution in [0.25, 0.3) is 5.69 Å². The molecule has 3 rings (SSSR count). The monoisotopic (exact) mass is 388 g/mol. The Hall–Kier alpha value is -3.62. The Morgan fingerprint density at radius 3 is 2.54 bits per heavy atom. The van der Waals surface area contributed by atoms with Crippen LogP contribution in [-0.2, 0) is 4.79 Å². The van der Waals surface area contributed by atoms with Crippen LogP contribution < -0.4 is 5.32 Å². The van der Waals surface area contributed by atoms with Crippen LogP contribution in [0.1, 0.15) is 10.4 Å². The van der Waals surface area contributed by atoms with Crippen molar-refractivity contribution in [2.75, 3.05) is 18.9 Å². The van der Waals surface area contributed by atoms with Gasteiger partial charge in [-0.05, 0) is 30.3 Å². The largest absolute Gasteiger partial charge is 0.332 e. The summed E-state index contributed by atoms with van der Waals surface area (Å²) in [6.07, 6.45) is 3.24. The quantitative estimate of drug-likeness (QED) is 0.684. The van der Waals surface area contributed by atoms with Gasteiger partial charge in [-0.15, -0.1) is 0 Å².